The van der Waals surface area contributed by atoms with Gasteiger partial charge in [0.15, 0.2) is 5.01 Å². The molecule has 2 heterocycles. The van der Waals surface area contributed by atoms with Gasteiger partial charge in [-0.15, -0.1) is 11.3 Å². The van der Waals surface area contributed by atoms with E-state index in [-0.39, 0.29) is 12.5 Å². The molecule has 0 unspecified atom stereocenters. The topological polar surface area (TPSA) is 58.1 Å². The molecule has 0 aliphatic rings. The van der Waals surface area contributed by atoms with Crippen LogP contribution in [0.15, 0.2) is 23.7 Å². The highest BCUT2D eigenvalue weighted by atomic mass is 32.1. The van der Waals surface area contributed by atoms with Crippen LogP contribution >= 0.6 is 11.3 Å². The molecule has 9 heteroatoms. The van der Waals surface area contributed by atoms with Crippen LogP contribution in [-0.4, -0.2) is 22.9 Å². The predicted molar refractivity (Wildman–Crippen MR) is 77.8 cm³/mol. The van der Waals surface area contributed by atoms with Gasteiger partial charge < -0.3 is 10.2 Å². The van der Waals surface area contributed by atoms with E-state index >= 15 is 0 Å². The van der Waals surface area contributed by atoms with Crippen LogP contribution in [0, 0.1) is 0 Å². The Morgan fingerprint density at radius 1 is 1.41 bits per heavy atom. The Hall–Kier alpha value is -2.16. The second kappa shape index (κ2) is 6.30. The van der Waals surface area contributed by atoms with E-state index in [9.17, 15) is 18.0 Å². The summed E-state index contributed by atoms with van der Waals surface area (Å²) in [5, 5.41) is 3.43. The fourth-order valence-corrected chi connectivity index (χ4v) is 2.25. The number of carbonyl (C=O) groups excluding carboxylic acids is 1. The third kappa shape index (κ3) is 3.94. The molecular formula is C13H13F3N4OS. The molecule has 0 radical (unpaired) electrons. The zero-order valence-corrected chi connectivity index (χ0v) is 12.6. The quantitative estimate of drug-likeness (QED) is 0.935. The maximum atomic E-state index is 12.4. The number of nitrogens with one attached hydrogen (secondary N) is 1. The molecule has 0 aromatic carbocycles. The lowest BCUT2D eigenvalue weighted by Gasteiger charge is -2.14. The lowest BCUT2D eigenvalue weighted by molar-refractivity contribution is -0.137. The van der Waals surface area contributed by atoms with Gasteiger partial charge in [0.1, 0.15) is 5.82 Å². The number of nitrogens with zero attached hydrogens (tertiary/aromatic N) is 3. The van der Waals surface area contributed by atoms with Gasteiger partial charge in [0.25, 0.3) is 0 Å². The maximum absolute atomic E-state index is 12.4. The molecule has 118 valence electrons. The average Bonchev–Trinajstić information content (AvgIpc) is 2.94. The van der Waals surface area contributed by atoms with Crippen LogP contribution < -0.4 is 10.2 Å². The van der Waals surface area contributed by atoms with Gasteiger partial charge in [0.05, 0.1) is 24.1 Å². The van der Waals surface area contributed by atoms with E-state index in [1.165, 1.54) is 23.4 Å². The average molecular weight is 330 g/mol. The summed E-state index contributed by atoms with van der Waals surface area (Å²) in [5.41, 5.74) is 0.935. The number of rotatable bonds is 4. The Morgan fingerprint density at radius 2 is 2.14 bits per heavy atom. The monoisotopic (exact) mass is 330 g/mol. The standard InChI is InChI=1S/C13H13F3N4OS/c1-8(21)20(2)11-4-3-9(5-18-11)17-6-10-7-22-12(19-10)13(14,15)16/h3-5,7,17H,6H2,1-2H3. The number of aromatic nitrogens is 2. The number of thiazole rings is 1. The highest BCUT2D eigenvalue weighted by molar-refractivity contribution is 7.09. The number of carbonyl (C=O) groups is 1. The summed E-state index contributed by atoms with van der Waals surface area (Å²) in [6.45, 7) is 1.59. The number of alkyl halides is 3. The van der Waals surface area contributed by atoms with Gasteiger partial charge in [-0.3, -0.25) is 4.79 Å². The largest absolute Gasteiger partial charge is 0.443 e. The summed E-state index contributed by atoms with van der Waals surface area (Å²) in [4.78, 5) is 20.2. The van der Waals surface area contributed by atoms with Crippen LogP contribution in [0.4, 0.5) is 24.7 Å². The molecule has 0 bridgehead atoms. The molecule has 1 N–H and O–H groups in total. The van der Waals surface area contributed by atoms with E-state index in [1.807, 2.05) is 0 Å². The van der Waals surface area contributed by atoms with Gasteiger partial charge in [-0.05, 0) is 12.1 Å². The number of pyridine rings is 1. The minimum atomic E-state index is -4.41. The maximum Gasteiger partial charge on any atom is 0.443 e. The van der Waals surface area contributed by atoms with Crippen molar-refractivity contribution in [1.82, 2.24) is 9.97 Å². The summed E-state index contributed by atoms with van der Waals surface area (Å²) in [6, 6.07) is 3.34. The van der Waals surface area contributed by atoms with Crippen LogP contribution in [0.25, 0.3) is 0 Å². The molecule has 0 fully saturated rings. The minimum absolute atomic E-state index is 0.143. The van der Waals surface area contributed by atoms with E-state index in [0.717, 1.165) is 0 Å². The predicted octanol–water partition coefficient (Wildman–Crippen LogP) is 3.15. The third-order valence-corrected chi connectivity index (χ3v) is 3.77. The minimum Gasteiger partial charge on any atom is -0.378 e. The van der Waals surface area contributed by atoms with Gasteiger partial charge in [-0.25, -0.2) is 9.97 Å². The van der Waals surface area contributed by atoms with E-state index in [0.29, 0.717) is 28.5 Å². The second-order valence-corrected chi connectivity index (χ2v) is 5.34. The first-order chi connectivity index (χ1) is 10.3. The van der Waals surface area contributed by atoms with Crippen molar-refractivity contribution < 1.29 is 18.0 Å². The van der Waals surface area contributed by atoms with Gasteiger partial charge in [-0.1, -0.05) is 0 Å². The fraction of sp³-hybridized carbons (Fsp3) is 0.308. The Kier molecular flexibility index (Phi) is 4.65. The lowest BCUT2D eigenvalue weighted by atomic mass is 10.3. The Balaban J connectivity index is 1.97. The SMILES string of the molecule is CC(=O)N(C)c1ccc(NCc2csc(C(F)(F)F)n2)cn1. The molecule has 2 aromatic heterocycles. The summed E-state index contributed by atoms with van der Waals surface area (Å²) in [6.07, 6.45) is -2.91. The van der Waals surface area contributed by atoms with Crippen molar-refractivity contribution in [3.63, 3.8) is 0 Å². The van der Waals surface area contributed by atoms with Crippen LogP contribution in [-0.2, 0) is 17.5 Å². The van der Waals surface area contributed by atoms with Gasteiger partial charge in [0.2, 0.25) is 5.91 Å². The molecule has 1 amide bonds. The first-order valence-electron chi connectivity index (χ1n) is 6.23. The molecule has 0 aliphatic carbocycles. The normalized spacial score (nSPS) is 11.3. The summed E-state index contributed by atoms with van der Waals surface area (Å²) in [5.74, 6) is 0.349. The molecule has 2 rings (SSSR count). The van der Waals surface area contributed by atoms with Crippen molar-refractivity contribution >= 4 is 28.7 Å². The van der Waals surface area contributed by atoms with Gasteiger partial charge in [-0.2, -0.15) is 13.2 Å². The highest BCUT2D eigenvalue weighted by Crippen LogP contribution is 2.31. The number of halogens is 3. The van der Waals surface area contributed by atoms with Crippen molar-refractivity contribution in [2.45, 2.75) is 19.6 Å². The molecule has 2 aromatic rings. The van der Waals surface area contributed by atoms with Crippen LogP contribution in [0.5, 0.6) is 0 Å². The smallest absolute Gasteiger partial charge is 0.378 e. The van der Waals surface area contributed by atoms with Gasteiger partial charge >= 0.3 is 6.18 Å². The summed E-state index contributed by atoms with van der Waals surface area (Å²) < 4.78 is 37.3. The van der Waals surface area contributed by atoms with Crippen molar-refractivity contribution in [1.29, 1.82) is 0 Å². The van der Waals surface area contributed by atoms with Crippen molar-refractivity contribution in [2.75, 3.05) is 17.3 Å². The van der Waals surface area contributed by atoms with Crippen molar-refractivity contribution in [2.24, 2.45) is 0 Å². The number of hydrogen-bond donors (Lipinski definition) is 1. The van der Waals surface area contributed by atoms with Crippen molar-refractivity contribution in [3.8, 4) is 0 Å². The summed E-state index contributed by atoms with van der Waals surface area (Å²) in [7, 11) is 1.60. The molecule has 0 saturated heterocycles. The molecule has 0 atom stereocenters. The number of amides is 1. The fourth-order valence-electron chi connectivity index (χ4n) is 1.56. The van der Waals surface area contributed by atoms with Gasteiger partial charge in [0, 0.05) is 19.4 Å². The number of hydrogen-bond acceptors (Lipinski definition) is 5. The molecule has 5 nitrogen and oxygen atoms in total. The van der Waals surface area contributed by atoms with E-state index in [2.05, 4.69) is 15.3 Å². The Bertz CT molecular complexity index is 654. The Labute approximate surface area is 128 Å². The number of anilines is 2. The first-order valence-corrected chi connectivity index (χ1v) is 7.11. The Morgan fingerprint density at radius 3 is 2.64 bits per heavy atom. The molecule has 0 saturated carbocycles. The molecule has 0 aliphatic heterocycles. The van der Waals surface area contributed by atoms with E-state index in [4.69, 9.17) is 0 Å². The second-order valence-electron chi connectivity index (χ2n) is 4.48. The highest BCUT2D eigenvalue weighted by Gasteiger charge is 2.34. The molecular weight excluding hydrogens is 317 g/mol. The lowest BCUT2D eigenvalue weighted by Crippen LogP contribution is -2.23. The van der Waals surface area contributed by atoms with Crippen LogP contribution in [0.1, 0.15) is 17.6 Å². The zero-order chi connectivity index (χ0) is 16.3. The zero-order valence-electron chi connectivity index (χ0n) is 11.8. The molecule has 0 spiro atoms. The van der Waals surface area contributed by atoms with E-state index < -0.39 is 11.2 Å². The van der Waals surface area contributed by atoms with E-state index in [1.54, 1.807) is 19.2 Å². The van der Waals surface area contributed by atoms with Crippen LogP contribution in [0.2, 0.25) is 0 Å². The molecule has 22 heavy (non-hydrogen) atoms. The first kappa shape index (κ1) is 16.2. The van der Waals surface area contributed by atoms with Crippen molar-refractivity contribution in [3.05, 3.63) is 34.4 Å². The summed E-state index contributed by atoms with van der Waals surface area (Å²) >= 11 is 0.565. The third-order valence-electron chi connectivity index (χ3n) is 2.83. The van der Waals surface area contributed by atoms with Crippen LogP contribution in [0.3, 0.4) is 0 Å².